The Balaban J connectivity index is -0.0000001000. The molecule has 0 amide bonds. The van der Waals surface area contributed by atoms with Gasteiger partial charge in [0.05, 0.1) is 12.4 Å². The summed E-state index contributed by atoms with van der Waals surface area (Å²) in [6, 6.07) is 0. The van der Waals surface area contributed by atoms with Crippen LogP contribution < -0.4 is 104 Å². The van der Waals surface area contributed by atoms with Gasteiger partial charge in [-0.3, -0.25) is 4.79 Å². The minimum absolute atomic E-state index is 0. The fourth-order valence-corrected chi connectivity index (χ4v) is 0.937. The van der Waals surface area contributed by atoms with Gasteiger partial charge in [-0.1, -0.05) is 0 Å². The zero-order valence-corrected chi connectivity index (χ0v) is 19.8. The normalized spacial score (nSPS) is 10.2. The van der Waals surface area contributed by atoms with Crippen LogP contribution in [0.4, 0.5) is 0 Å². The quantitative estimate of drug-likeness (QED) is 0.282. The molecule has 0 aliphatic carbocycles. The van der Waals surface area contributed by atoms with Crippen molar-refractivity contribution < 1.29 is 148 Å². The van der Waals surface area contributed by atoms with Crippen LogP contribution in [0.3, 0.4) is 0 Å². The first-order valence-electron chi connectivity index (χ1n) is 5.28. The molecule has 1 unspecified atom stereocenters. The number of carbonyl (C=O) groups is 5. The minimum Gasteiger partial charge on any atom is -0.550 e. The van der Waals surface area contributed by atoms with E-state index in [0.717, 1.165) is 0 Å². The third kappa shape index (κ3) is 20.4. The zero-order valence-electron chi connectivity index (χ0n) is 13.8. The zero-order chi connectivity index (χ0) is 18.1. The summed E-state index contributed by atoms with van der Waals surface area (Å²) in [5.41, 5.74) is -2.97. The number of aliphatic carboxylic acids is 5. The van der Waals surface area contributed by atoms with Crippen LogP contribution in [0.5, 0.6) is 0 Å². The summed E-state index contributed by atoms with van der Waals surface area (Å²) < 4.78 is 0. The van der Waals surface area contributed by atoms with Crippen molar-refractivity contribution in [2.75, 3.05) is 0 Å². The van der Waals surface area contributed by atoms with Gasteiger partial charge in [0.2, 0.25) is 0 Å². The largest absolute Gasteiger partial charge is 1.00 e. The molecule has 0 aliphatic rings. The molecule has 0 saturated carbocycles. The first-order valence-corrected chi connectivity index (χ1v) is 5.28. The molecule has 0 aromatic heterocycles. The van der Waals surface area contributed by atoms with Gasteiger partial charge in [0.15, 0.2) is 6.10 Å². The van der Waals surface area contributed by atoms with Crippen LogP contribution in [0.25, 0.3) is 0 Å². The Morgan fingerprint density at radius 1 is 0.840 bits per heavy atom. The smallest absolute Gasteiger partial charge is 0.550 e. The fraction of sp³-hybridized carbons (Fsp3) is 0.500. The Morgan fingerprint density at radius 3 is 1.28 bits per heavy atom. The average Bonchev–Trinajstić information content (AvgIpc) is 2.25. The monoisotopic (exact) mass is 392 g/mol. The Hall–Kier alpha value is 0.270. The molecule has 0 radical (unpaired) electrons. The van der Waals surface area contributed by atoms with Gasteiger partial charge in [-0.25, -0.2) is 4.79 Å². The molecule has 0 aromatic carbocycles. The molecule has 12 nitrogen and oxygen atoms in total. The van der Waals surface area contributed by atoms with E-state index in [2.05, 4.69) is 0 Å². The molecule has 0 aromatic rings. The van der Waals surface area contributed by atoms with Gasteiger partial charge in [-0.2, -0.15) is 0 Å². The van der Waals surface area contributed by atoms with E-state index in [1.165, 1.54) is 0 Å². The first-order chi connectivity index (χ1) is 9.81. The molecule has 25 heavy (non-hydrogen) atoms. The van der Waals surface area contributed by atoms with Crippen molar-refractivity contribution >= 4 is 29.8 Å². The number of aliphatic hydroxyl groups excluding tert-OH is 1. The molecule has 0 fully saturated rings. The number of aliphatic hydroxyl groups is 2. The van der Waals surface area contributed by atoms with Crippen LogP contribution in [0.2, 0.25) is 0 Å². The molecule has 0 bridgehead atoms. The van der Waals surface area contributed by atoms with Gasteiger partial charge in [-0.05, 0) is 0 Å². The van der Waals surface area contributed by atoms with Crippen LogP contribution >= 0.6 is 0 Å². The van der Waals surface area contributed by atoms with E-state index in [-0.39, 0.29) is 88.7 Å². The molecule has 0 saturated heterocycles. The molecule has 0 rings (SSSR count). The summed E-state index contributed by atoms with van der Waals surface area (Å²) in [5.74, 6) is -8.83. The van der Waals surface area contributed by atoms with Crippen molar-refractivity contribution in [2.45, 2.75) is 31.0 Å². The van der Waals surface area contributed by atoms with Crippen molar-refractivity contribution in [1.29, 1.82) is 0 Å². The summed E-state index contributed by atoms with van der Waals surface area (Å²) in [5, 5.41) is 63.1. The van der Waals surface area contributed by atoms with E-state index in [1.54, 1.807) is 0 Å². The molecular formula is C10H11Na3O12. The Kier molecular flexibility index (Phi) is 25.6. The number of carbonyl (C=O) groups excluding carboxylic acids is 3. The molecular weight excluding hydrogens is 381 g/mol. The number of hydrogen-bond acceptors (Lipinski definition) is 10. The van der Waals surface area contributed by atoms with Crippen LogP contribution in [-0.4, -0.2) is 62.0 Å². The van der Waals surface area contributed by atoms with Crippen LogP contribution in [0, 0.1) is 0 Å². The standard InChI is InChI=1S/C6H8O7.C4H6O5.3Na/c7-3(8)1-6(13,5(11)12)2-4(9)10;5-2(4(8)9)1-3(6)7;;;/h13H,1-2H2,(H,7,8)(H,9,10)(H,11,12);2,5H,1H2,(H,6,7)(H,8,9);;;/q;;3*+1/p-3. The number of hydrogen-bond donors (Lipinski definition) is 4. The third-order valence-corrected chi connectivity index (χ3v) is 1.91. The summed E-state index contributed by atoms with van der Waals surface area (Å²) in [6.45, 7) is 0. The van der Waals surface area contributed by atoms with Crippen LogP contribution in [0.1, 0.15) is 19.3 Å². The second-order valence-corrected chi connectivity index (χ2v) is 3.87. The second kappa shape index (κ2) is 17.7. The van der Waals surface area contributed by atoms with E-state index in [9.17, 15) is 39.3 Å². The number of rotatable bonds is 8. The molecule has 126 valence electrons. The van der Waals surface area contributed by atoms with Gasteiger partial charge >= 0.3 is 101 Å². The Labute approximate surface area is 207 Å². The van der Waals surface area contributed by atoms with E-state index in [1.807, 2.05) is 0 Å². The van der Waals surface area contributed by atoms with Gasteiger partial charge in [-0.15, -0.1) is 0 Å². The third-order valence-electron chi connectivity index (χ3n) is 1.91. The molecule has 1 atom stereocenters. The summed E-state index contributed by atoms with van der Waals surface area (Å²) in [4.78, 5) is 49.4. The summed E-state index contributed by atoms with van der Waals surface area (Å²) >= 11 is 0. The van der Waals surface area contributed by atoms with E-state index in [0.29, 0.717) is 0 Å². The fourth-order valence-electron chi connectivity index (χ4n) is 0.937. The Morgan fingerprint density at radius 2 is 1.16 bits per heavy atom. The van der Waals surface area contributed by atoms with Crippen molar-refractivity contribution in [3.63, 3.8) is 0 Å². The van der Waals surface area contributed by atoms with E-state index >= 15 is 0 Å². The van der Waals surface area contributed by atoms with Gasteiger partial charge in [0, 0.05) is 24.8 Å². The first kappa shape index (κ1) is 36.2. The maximum atomic E-state index is 10.1. The Bertz CT molecular complexity index is 450. The van der Waals surface area contributed by atoms with Crippen molar-refractivity contribution in [3.05, 3.63) is 0 Å². The van der Waals surface area contributed by atoms with Gasteiger partial charge in [0.1, 0.15) is 5.60 Å². The SMILES string of the molecule is O=C(O)CC(O)C(=O)O.O=C([O-])CC(O)(CC(=O)[O-])C(=O)[O-].[Na+].[Na+].[Na+]. The average molecular weight is 392 g/mol. The van der Waals surface area contributed by atoms with Crippen LogP contribution in [0.15, 0.2) is 0 Å². The van der Waals surface area contributed by atoms with E-state index < -0.39 is 60.8 Å². The van der Waals surface area contributed by atoms with Crippen molar-refractivity contribution in [1.82, 2.24) is 0 Å². The van der Waals surface area contributed by atoms with E-state index in [4.69, 9.17) is 20.4 Å². The predicted molar refractivity (Wildman–Crippen MR) is 55.1 cm³/mol. The molecule has 0 spiro atoms. The molecule has 0 aliphatic heterocycles. The number of carboxylic acid groups (broad SMARTS) is 5. The minimum atomic E-state index is -2.97. The van der Waals surface area contributed by atoms with Gasteiger partial charge < -0.3 is 50.1 Å². The number of carboxylic acids is 5. The van der Waals surface area contributed by atoms with Gasteiger partial charge in [0.25, 0.3) is 0 Å². The summed E-state index contributed by atoms with van der Waals surface area (Å²) in [7, 11) is 0. The predicted octanol–water partition coefficient (Wildman–Crippen LogP) is -15.3. The maximum Gasteiger partial charge on any atom is 1.00 e. The molecule has 4 N–H and O–H groups in total. The molecule has 0 heterocycles. The maximum absolute atomic E-state index is 10.1. The molecule has 15 heteroatoms. The summed E-state index contributed by atoms with van der Waals surface area (Å²) in [6.07, 6.45) is -5.26. The van der Waals surface area contributed by atoms with Crippen molar-refractivity contribution in [3.8, 4) is 0 Å². The van der Waals surface area contributed by atoms with Crippen molar-refractivity contribution in [2.24, 2.45) is 0 Å². The van der Waals surface area contributed by atoms with Crippen LogP contribution in [-0.2, 0) is 24.0 Å². The topological polar surface area (TPSA) is 235 Å². The second-order valence-electron chi connectivity index (χ2n) is 3.87.